The van der Waals surface area contributed by atoms with Crippen LogP contribution in [0.25, 0.3) is 0 Å². The zero-order chi connectivity index (χ0) is 19.6. The Kier molecular flexibility index (Phi) is 5.21. The van der Waals surface area contributed by atoms with Gasteiger partial charge in [0.15, 0.2) is 0 Å². The summed E-state index contributed by atoms with van der Waals surface area (Å²) >= 11 is 0. The van der Waals surface area contributed by atoms with E-state index in [0.717, 1.165) is 6.07 Å². The Balaban J connectivity index is 1.75. The van der Waals surface area contributed by atoms with Crippen LogP contribution < -0.4 is 10.6 Å². The minimum Gasteiger partial charge on any atom is -0.341 e. The van der Waals surface area contributed by atoms with Crippen LogP contribution in [0.3, 0.4) is 0 Å². The summed E-state index contributed by atoms with van der Waals surface area (Å²) in [6.07, 6.45) is 0.936. The highest BCUT2D eigenvalue weighted by Gasteiger charge is 2.39. The van der Waals surface area contributed by atoms with Gasteiger partial charge >= 0.3 is 0 Å². The number of carbonyl (C=O) groups is 4. The van der Waals surface area contributed by atoms with Crippen molar-refractivity contribution in [3.63, 3.8) is 0 Å². The zero-order valence-electron chi connectivity index (χ0n) is 14.7. The van der Waals surface area contributed by atoms with Crippen LogP contribution in [0.5, 0.6) is 0 Å². The molecule has 1 atom stereocenters. The highest BCUT2D eigenvalue weighted by molar-refractivity contribution is 6.05. The van der Waals surface area contributed by atoms with Crippen molar-refractivity contribution in [3.05, 3.63) is 34.6 Å². The van der Waals surface area contributed by atoms with Crippen molar-refractivity contribution in [1.82, 2.24) is 15.5 Å². The second kappa shape index (κ2) is 7.58. The van der Waals surface area contributed by atoms with Crippen LogP contribution in [-0.4, -0.2) is 34.6 Å². The lowest BCUT2D eigenvalue weighted by Crippen LogP contribution is -2.52. The maximum atomic E-state index is 14.3. The Morgan fingerprint density at radius 1 is 1.37 bits per heavy atom. The Morgan fingerprint density at radius 3 is 2.85 bits per heavy atom. The molecule has 1 fully saturated rings. The number of carbonyl (C=O) groups excluding carboxylic acids is 4. The van der Waals surface area contributed by atoms with Crippen molar-refractivity contribution in [1.29, 1.82) is 0 Å². The van der Waals surface area contributed by atoms with E-state index >= 15 is 0 Å². The predicted octanol–water partition coefficient (Wildman–Crippen LogP) is 0.616. The van der Waals surface area contributed by atoms with Crippen molar-refractivity contribution in [2.45, 2.75) is 45.3 Å². The summed E-state index contributed by atoms with van der Waals surface area (Å²) in [5.41, 5.74) is 1.01. The number of benzene rings is 1. The molecule has 2 heterocycles. The summed E-state index contributed by atoms with van der Waals surface area (Å²) in [5, 5.41) is 4.73. The van der Waals surface area contributed by atoms with Gasteiger partial charge in [-0.05, 0) is 30.0 Å². The van der Waals surface area contributed by atoms with E-state index in [9.17, 15) is 23.6 Å². The molecule has 8 heteroatoms. The van der Waals surface area contributed by atoms with Gasteiger partial charge in [-0.25, -0.2) is 4.39 Å². The molecule has 0 radical (unpaired) electrons. The summed E-state index contributed by atoms with van der Waals surface area (Å²) in [5.74, 6) is 2.57. The fraction of sp³-hybridized carbons (Fsp3) is 0.368. The third-order valence-corrected chi connectivity index (χ3v) is 4.51. The van der Waals surface area contributed by atoms with E-state index in [4.69, 9.17) is 0 Å². The van der Waals surface area contributed by atoms with E-state index in [1.807, 2.05) is 6.92 Å². The molecule has 2 aliphatic rings. The molecule has 2 aliphatic heterocycles. The molecule has 4 amide bonds. The number of fused-ring (bicyclic) bond motifs is 1. The molecular formula is C19H18FN3O4. The molecule has 1 aromatic carbocycles. The second-order valence-corrected chi connectivity index (χ2v) is 6.34. The molecule has 27 heavy (non-hydrogen) atoms. The number of hydrogen-bond donors (Lipinski definition) is 2. The van der Waals surface area contributed by atoms with E-state index in [1.54, 1.807) is 0 Å². The van der Waals surface area contributed by atoms with Crippen LogP contribution in [0.4, 0.5) is 4.39 Å². The van der Waals surface area contributed by atoms with Crippen molar-refractivity contribution in [2.75, 3.05) is 0 Å². The van der Waals surface area contributed by atoms with Gasteiger partial charge in [-0.3, -0.25) is 24.5 Å². The average molecular weight is 371 g/mol. The number of nitrogens with one attached hydrogen (secondary N) is 2. The first kappa shape index (κ1) is 18.6. The molecule has 0 aliphatic carbocycles. The highest BCUT2D eigenvalue weighted by Crippen LogP contribution is 2.29. The third-order valence-electron chi connectivity index (χ3n) is 4.51. The Hall–Kier alpha value is -3.21. The Morgan fingerprint density at radius 2 is 2.15 bits per heavy atom. The van der Waals surface area contributed by atoms with Crippen LogP contribution in [0.15, 0.2) is 12.1 Å². The Labute approximate surface area is 155 Å². The smallest absolute Gasteiger partial charge is 0.296 e. The maximum Gasteiger partial charge on any atom is 0.296 e. The molecule has 140 valence electrons. The number of piperidine rings is 1. The monoisotopic (exact) mass is 371 g/mol. The molecule has 0 aromatic heterocycles. The van der Waals surface area contributed by atoms with E-state index in [0.29, 0.717) is 12.0 Å². The van der Waals surface area contributed by atoms with Crippen LogP contribution in [-0.2, 0) is 27.5 Å². The van der Waals surface area contributed by atoms with Gasteiger partial charge in [0.05, 0.1) is 0 Å². The molecule has 2 N–H and O–H groups in total. The topological polar surface area (TPSA) is 95.6 Å². The van der Waals surface area contributed by atoms with Crippen LogP contribution in [0, 0.1) is 17.7 Å². The lowest BCUT2D eigenvalue weighted by Gasteiger charge is -2.29. The summed E-state index contributed by atoms with van der Waals surface area (Å²) < 4.78 is 14.3. The van der Waals surface area contributed by atoms with E-state index < -0.39 is 29.6 Å². The predicted molar refractivity (Wildman–Crippen MR) is 92.4 cm³/mol. The lowest BCUT2D eigenvalue weighted by molar-refractivity contribution is -0.137. The summed E-state index contributed by atoms with van der Waals surface area (Å²) in [6.45, 7) is 1.91. The molecule has 1 aromatic rings. The first-order valence-electron chi connectivity index (χ1n) is 8.63. The lowest BCUT2D eigenvalue weighted by atomic mass is 10.0. The number of hydrogen-bond acceptors (Lipinski definition) is 4. The van der Waals surface area contributed by atoms with Crippen molar-refractivity contribution in [3.8, 4) is 11.8 Å². The molecule has 1 unspecified atom stereocenters. The number of rotatable bonds is 3. The molecule has 0 saturated carbocycles. The normalized spacial score (nSPS) is 18.5. The number of nitrogens with zero attached hydrogens (tertiary/aromatic N) is 1. The standard InChI is InChI=1S/C19H18FN3O4/c1-2-3-4-16(24)21-9-11-7-12-10-23(19(27)13(12)8-14(11)20)15-5-6-17(25)22-18(15)26/h7-8,15H,2,5-6,9-10H2,1H3,(H,21,24)(H,22,25,26). The molecular weight excluding hydrogens is 353 g/mol. The van der Waals surface area contributed by atoms with Crippen LogP contribution >= 0.6 is 0 Å². The quantitative estimate of drug-likeness (QED) is 0.601. The fourth-order valence-corrected chi connectivity index (χ4v) is 3.16. The zero-order valence-corrected chi connectivity index (χ0v) is 14.7. The van der Waals surface area contributed by atoms with Gasteiger partial charge in [-0.15, -0.1) is 0 Å². The first-order chi connectivity index (χ1) is 12.9. The van der Waals surface area contributed by atoms with Gasteiger partial charge in [-0.1, -0.05) is 12.8 Å². The van der Waals surface area contributed by atoms with E-state index in [-0.39, 0.29) is 43.0 Å². The fourth-order valence-electron chi connectivity index (χ4n) is 3.16. The third kappa shape index (κ3) is 3.82. The van der Waals surface area contributed by atoms with E-state index in [1.165, 1.54) is 11.0 Å². The Bertz CT molecular complexity index is 900. The summed E-state index contributed by atoms with van der Waals surface area (Å²) in [4.78, 5) is 48.8. The second-order valence-electron chi connectivity index (χ2n) is 6.34. The van der Waals surface area contributed by atoms with Gasteiger partial charge in [0.2, 0.25) is 11.8 Å². The van der Waals surface area contributed by atoms with Crippen molar-refractivity contribution >= 4 is 23.6 Å². The SMILES string of the molecule is CCC#CC(=O)NCc1cc2c(cc1F)C(=O)N(C1CCC(=O)NC1=O)C2. The van der Waals surface area contributed by atoms with Crippen LogP contribution in [0.2, 0.25) is 0 Å². The first-order valence-corrected chi connectivity index (χ1v) is 8.63. The molecule has 1 saturated heterocycles. The maximum absolute atomic E-state index is 14.3. The largest absolute Gasteiger partial charge is 0.341 e. The van der Waals surface area contributed by atoms with Crippen molar-refractivity contribution < 1.29 is 23.6 Å². The molecule has 0 bridgehead atoms. The highest BCUT2D eigenvalue weighted by atomic mass is 19.1. The average Bonchev–Trinajstić information content (AvgIpc) is 2.94. The minimum atomic E-state index is -0.752. The van der Waals surface area contributed by atoms with Gasteiger partial charge in [0.25, 0.3) is 11.8 Å². The molecule has 7 nitrogen and oxygen atoms in total. The van der Waals surface area contributed by atoms with Gasteiger partial charge < -0.3 is 10.2 Å². The number of amides is 4. The van der Waals surface area contributed by atoms with Gasteiger partial charge in [0, 0.05) is 37.1 Å². The molecule has 3 rings (SSSR count). The van der Waals surface area contributed by atoms with Crippen molar-refractivity contribution in [2.24, 2.45) is 0 Å². The minimum absolute atomic E-state index is 0.0526. The van der Waals surface area contributed by atoms with Gasteiger partial charge in [-0.2, -0.15) is 0 Å². The summed E-state index contributed by atoms with van der Waals surface area (Å²) in [6, 6.07) is 1.89. The van der Waals surface area contributed by atoms with Crippen LogP contribution in [0.1, 0.15) is 47.7 Å². The molecule has 0 spiro atoms. The number of halogens is 1. The summed E-state index contributed by atoms with van der Waals surface area (Å²) in [7, 11) is 0. The van der Waals surface area contributed by atoms with E-state index in [2.05, 4.69) is 22.5 Å². The van der Waals surface area contributed by atoms with Gasteiger partial charge in [0.1, 0.15) is 11.9 Å². The number of imide groups is 1.